The molecule has 0 amide bonds. The molecule has 0 aliphatic heterocycles. The Hall–Kier alpha value is -0.130. The Kier molecular flexibility index (Phi) is 3.09. The van der Waals surface area contributed by atoms with Crippen LogP contribution in [0.2, 0.25) is 0 Å². The highest BCUT2D eigenvalue weighted by Crippen LogP contribution is 2.26. The van der Waals surface area contributed by atoms with Crippen LogP contribution in [0.5, 0.6) is 0 Å². The molecule has 0 heterocycles. The summed E-state index contributed by atoms with van der Waals surface area (Å²) < 4.78 is 24.7. The smallest absolute Gasteiger partial charge is 0.211 e. The van der Waals surface area contributed by atoms with Crippen LogP contribution in [0, 0.1) is 5.92 Å². The highest BCUT2D eigenvalue weighted by atomic mass is 32.2. The van der Waals surface area contributed by atoms with Gasteiger partial charge in [-0.05, 0) is 32.2 Å². The quantitative estimate of drug-likeness (QED) is 0.640. The average molecular weight is 192 g/mol. The Labute approximate surface area is 73.6 Å². The molecule has 0 aromatic heterocycles. The molecule has 0 unspecified atom stereocenters. The number of hydrogen-bond acceptors (Lipinski definition) is 3. The Morgan fingerprint density at radius 1 is 1.50 bits per heavy atom. The van der Waals surface area contributed by atoms with Crippen LogP contribution in [0.3, 0.4) is 0 Å². The van der Waals surface area contributed by atoms with Gasteiger partial charge in [-0.3, -0.25) is 0 Å². The van der Waals surface area contributed by atoms with Crippen molar-refractivity contribution in [2.45, 2.75) is 25.8 Å². The molecular formula is C7H16N2O2S. The van der Waals surface area contributed by atoms with Crippen LogP contribution >= 0.6 is 0 Å². The maximum atomic E-state index is 11.1. The normalized spacial score (nSPS) is 29.8. The van der Waals surface area contributed by atoms with E-state index >= 15 is 0 Å². The van der Waals surface area contributed by atoms with E-state index in [0.717, 1.165) is 12.8 Å². The first-order valence-corrected chi connectivity index (χ1v) is 5.92. The van der Waals surface area contributed by atoms with Crippen LogP contribution in [0.1, 0.15) is 19.8 Å². The summed E-state index contributed by atoms with van der Waals surface area (Å²) >= 11 is 0. The molecule has 3 N–H and O–H groups in total. The van der Waals surface area contributed by atoms with Crippen molar-refractivity contribution in [1.29, 1.82) is 0 Å². The van der Waals surface area contributed by atoms with Gasteiger partial charge in [-0.25, -0.2) is 13.1 Å². The molecule has 1 rings (SSSR count). The fraction of sp³-hybridized carbons (Fsp3) is 1.00. The van der Waals surface area contributed by atoms with E-state index in [9.17, 15) is 8.42 Å². The summed E-state index contributed by atoms with van der Waals surface area (Å²) in [6, 6.07) is 0.142. The molecule has 0 spiro atoms. The molecule has 1 aliphatic rings. The van der Waals surface area contributed by atoms with Crippen LogP contribution in [0.15, 0.2) is 0 Å². The lowest BCUT2D eigenvalue weighted by Gasteiger charge is -2.34. The first-order valence-electron chi connectivity index (χ1n) is 4.27. The standard InChI is InChI=1S/C7H16N2O2S/c1-2-12(10,11)9-7-3-6(4-7)5-8/h6-7,9H,2-5,8H2,1H3. The third kappa shape index (κ3) is 2.43. The van der Waals surface area contributed by atoms with E-state index in [2.05, 4.69) is 4.72 Å². The van der Waals surface area contributed by atoms with Crippen molar-refractivity contribution in [3.05, 3.63) is 0 Å². The van der Waals surface area contributed by atoms with E-state index in [1.165, 1.54) is 0 Å². The lowest BCUT2D eigenvalue weighted by molar-refractivity contribution is 0.256. The highest BCUT2D eigenvalue weighted by Gasteiger charge is 2.30. The van der Waals surface area contributed by atoms with Gasteiger partial charge in [0.15, 0.2) is 0 Å². The van der Waals surface area contributed by atoms with Gasteiger partial charge in [0.1, 0.15) is 0 Å². The second-order valence-electron chi connectivity index (χ2n) is 3.29. The average Bonchev–Trinajstić information content (AvgIpc) is 1.96. The molecule has 0 atom stereocenters. The van der Waals surface area contributed by atoms with Gasteiger partial charge in [0, 0.05) is 6.04 Å². The molecule has 1 fully saturated rings. The molecule has 0 aromatic carbocycles. The van der Waals surface area contributed by atoms with Crippen molar-refractivity contribution >= 4 is 10.0 Å². The van der Waals surface area contributed by atoms with Crippen LogP contribution in [-0.2, 0) is 10.0 Å². The highest BCUT2D eigenvalue weighted by molar-refractivity contribution is 7.89. The predicted octanol–water partition coefficient (Wildman–Crippen LogP) is -0.337. The minimum Gasteiger partial charge on any atom is -0.330 e. The second-order valence-corrected chi connectivity index (χ2v) is 5.33. The number of nitrogens with two attached hydrogens (primary N) is 1. The Morgan fingerprint density at radius 2 is 2.08 bits per heavy atom. The number of nitrogens with one attached hydrogen (secondary N) is 1. The van der Waals surface area contributed by atoms with Gasteiger partial charge >= 0.3 is 0 Å². The summed E-state index contributed by atoms with van der Waals surface area (Å²) in [6.45, 7) is 2.31. The molecule has 1 aliphatic carbocycles. The first kappa shape index (κ1) is 9.95. The van der Waals surface area contributed by atoms with Gasteiger partial charge in [0.05, 0.1) is 5.75 Å². The fourth-order valence-electron chi connectivity index (χ4n) is 1.36. The molecule has 0 radical (unpaired) electrons. The molecule has 12 heavy (non-hydrogen) atoms. The van der Waals surface area contributed by atoms with Gasteiger partial charge in [-0.2, -0.15) is 0 Å². The molecule has 0 bridgehead atoms. The lowest BCUT2D eigenvalue weighted by Crippen LogP contribution is -2.46. The monoisotopic (exact) mass is 192 g/mol. The van der Waals surface area contributed by atoms with Crippen molar-refractivity contribution in [3.8, 4) is 0 Å². The molecule has 0 saturated heterocycles. The van der Waals surface area contributed by atoms with E-state index in [4.69, 9.17) is 5.73 Å². The summed E-state index contributed by atoms with van der Waals surface area (Å²) in [5, 5.41) is 0. The van der Waals surface area contributed by atoms with Gasteiger partial charge in [0.2, 0.25) is 10.0 Å². The summed E-state index contributed by atoms with van der Waals surface area (Å²) in [6.07, 6.45) is 1.80. The van der Waals surface area contributed by atoms with E-state index in [0.29, 0.717) is 12.5 Å². The second kappa shape index (κ2) is 3.72. The minimum absolute atomic E-state index is 0.142. The topological polar surface area (TPSA) is 72.2 Å². The fourth-order valence-corrected chi connectivity index (χ4v) is 2.23. The third-order valence-corrected chi connectivity index (χ3v) is 3.75. The van der Waals surface area contributed by atoms with Gasteiger partial charge < -0.3 is 5.73 Å². The van der Waals surface area contributed by atoms with Crippen molar-refractivity contribution < 1.29 is 8.42 Å². The van der Waals surface area contributed by atoms with E-state index < -0.39 is 10.0 Å². The van der Waals surface area contributed by atoms with Crippen LogP contribution in [-0.4, -0.2) is 26.8 Å². The third-order valence-electron chi connectivity index (χ3n) is 2.30. The lowest BCUT2D eigenvalue weighted by atomic mass is 9.81. The van der Waals surface area contributed by atoms with Crippen LogP contribution in [0.25, 0.3) is 0 Å². The Balaban J connectivity index is 2.28. The maximum Gasteiger partial charge on any atom is 0.211 e. The van der Waals surface area contributed by atoms with E-state index in [1.54, 1.807) is 6.92 Å². The number of rotatable bonds is 4. The molecule has 4 nitrogen and oxygen atoms in total. The zero-order chi connectivity index (χ0) is 9.19. The SMILES string of the molecule is CCS(=O)(=O)NC1CC(CN)C1. The Morgan fingerprint density at radius 3 is 2.50 bits per heavy atom. The molecule has 0 aromatic rings. The van der Waals surface area contributed by atoms with Crippen LogP contribution in [0.4, 0.5) is 0 Å². The van der Waals surface area contributed by atoms with Crippen molar-refractivity contribution in [2.24, 2.45) is 11.7 Å². The number of hydrogen-bond donors (Lipinski definition) is 2. The first-order chi connectivity index (χ1) is 5.57. The van der Waals surface area contributed by atoms with Crippen molar-refractivity contribution in [2.75, 3.05) is 12.3 Å². The Bertz CT molecular complexity index is 232. The van der Waals surface area contributed by atoms with E-state index in [-0.39, 0.29) is 11.8 Å². The molecule has 72 valence electrons. The van der Waals surface area contributed by atoms with Gasteiger partial charge in [0.25, 0.3) is 0 Å². The zero-order valence-corrected chi connectivity index (χ0v) is 8.10. The molecule has 1 saturated carbocycles. The molecule has 5 heteroatoms. The van der Waals surface area contributed by atoms with E-state index in [1.807, 2.05) is 0 Å². The van der Waals surface area contributed by atoms with Gasteiger partial charge in [-0.1, -0.05) is 0 Å². The maximum absolute atomic E-state index is 11.1. The summed E-state index contributed by atoms with van der Waals surface area (Å²) in [7, 11) is -3.00. The van der Waals surface area contributed by atoms with Gasteiger partial charge in [-0.15, -0.1) is 0 Å². The minimum atomic E-state index is -3.00. The number of sulfonamides is 1. The van der Waals surface area contributed by atoms with Crippen LogP contribution < -0.4 is 10.5 Å². The van der Waals surface area contributed by atoms with Crippen molar-refractivity contribution in [3.63, 3.8) is 0 Å². The summed E-state index contributed by atoms with van der Waals surface area (Å²) in [4.78, 5) is 0. The molecular weight excluding hydrogens is 176 g/mol. The predicted molar refractivity (Wildman–Crippen MR) is 48.2 cm³/mol. The zero-order valence-electron chi connectivity index (χ0n) is 7.29. The summed E-state index contributed by atoms with van der Waals surface area (Å²) in [5.74, 6) is 0.686. The summed E-state index contributed by atoms with van der Waals surface area (Å²) in [5.41, 5.74) is 5.42. The largest absolute Gasteiger partial charge is 0.330 e. The van der Waals surface area contributed by atoms with Crippen molar-refractivity contribution in [1.82, 2.24) is 4.72 Å².